The summed E-state index contributed by atoms with van der Waals surface area (Å²) in [7, 11) is 1.49. The fourth-order valence-corrected chi connectivity index (χ4v) is 1.75. The maximum atomic E-state index is 11.5. The van der Waals surface area contributed by atoms with E-state index in [1.807, 2.05) is 31.2 Å². The van der Waals surface area contributed by atoms with Gasteiger partial charge in [-0.3, -0.25) is 4.79 Å². The van der Waals surface area contributed by atoms with Crippen molar-refractivity contribution in [3.63, 3.8) is 0 Å². The van der Waals surface area contributed by atoms with Gasteiger partial charge in [-0.2, -0.15) is 0 Å². The van der Waals surface area contributed by atoms with Crippen LogP contribution in [0.25, 0.3) is 0 Å². The molecule has 0 aliphatic rings. The third-order valence-corrected chi connectivity index (χ3v) is 3.04. The van der Waals surface area contributed by atoms with Crippen LogP contribution >= 0.6 is 15.9 Å². The Bertz CT molecular complexity index is 468. The molecule has 0 radical (unpaired) electrons. The summed E-state index contributed by atoms with van der Waals surface area (Å²) in [5, 5.41) is 7.45. The molecule has 0 saturated carbocycles. The third-order valence-electron chi connectivity index (χ3n) is 2.39. The zero-order valence-electron chi connectivity index (χ0n) is 11.4. The topological polar surface area (TPSA) is 79.5 Å². The Kier molecular flexibility index (Phi) is 6.86. The first-order chi connectivity index (χ1) is 9.52. The minimum absolute atomic E-state index is 0.0680. The predicted octanol–water partition coefficient (Wildman–Crippen LogP) is 1.26. The number of ether oxygens (including phenoxy) is 1. The zero-order valence-corrected chi connectivity index (χ0v) is 13.0. The van der Waals surface area contributed by atoms with Crippen molar-refractivity contribution in [3.05, 3.63) is 28.7 Å². The number of urea groups is 1. The van der Waals surface area contributed by atoms with Crippen molar-refractivity contribution >= 4 is 27.9 Å². The molecule has 3 N–H and O–H groups in total. The number of hydrogen-bond acceptors (Lipinski definition) is 3. The van der Waals surface area contributed by atoms with Gasteiger partial charge in [0, 0.05) is 7.05 Å². The van der Waals surface area contributed by atoms with E-state index in [0.717, 1.165) is 10.2 Å². The van der Waals surface area contributed by atoms with Crippen LogP contribution in [0.4, 0.5) is 4.79 Å². The molecule has 1 rings (SSSR count). The molecule has 0 bridgehead atoms. The number of rotatable bonds is 6. The molecule has 0 unspecified atom stereocenters. The summed E-state index contributed by atoms with van der Waals surface area (Å²) in [6.45, 7) is 2.14. The second kappa shape index (κ2) is 8.42. The summed E-state index contributed by atoms with van der Waals surface area (Å²) in [5.41, 5.74) is 0. The van der Waals surface area contributed by atoms with Gasteiger partial charge in [0.2, 0.25) is 5.91 Å². The van der Waals surface area contributed by atoms with Crippen LogP contribution in [0.5, 0.6) is 5.75 Å². The number of carbonyl (C=O) groups excluding carboxylic acids is 2. The molecule has 0 aliphatic heterocycles. The largest absolute Gasteiger partial charge is 0.488 e. The molecule has 110 valence electrons. The van der Waals surface area contributed by atoms with Crippen molar-refractivity contribution in [1.82, 2.24) is 16.0 Å². The second-order valence-electron chi connectivity index (χ2n) is 4.10. The minimum atomic E-state index is -0.391. The van der Waals surface area contributed by atoms with E-state index >= 15 is 0 Å². The van der Waals surface area contributed by atoms with E-state index in [4.69, 9.17) is 4.74 Å². The van der Waals surface area contributed by atoms with Crippen LogP contribution in [0.2, 0.25) is 0 Å². The number of halogens is 1. The SMILES string of the molecule is CNC(=O)NCC(=O)NC[C@@H](C)Oc1ccccc1Br. The third kappa shape index (κ3) is 5.92. The first kappa shape index (κ1) is 16.3. The monoisotopic (exact) mass is 343 g/mol. The highest BCUT2D eigenvalue weighted by molar-refractivity contribution is 9.10. The lowest BCUT2D eigenvalue weighted by atomic mass is 10.3. The number of amides is 3. The van der Waals surface area contributed by atoms with Crippen molar-refractivity contribution in [2.45, 2.75) is 13.0 Å². The lowest BCUT2D eigenvalue weighted by Crippen LogP contribution is -2.43. The van der Waals surface area contributed by atoms with E-state index in [0.29, 0.717) is 6.54 Å². The lowest BCUT2D eigenvalue weighted by molar-refractivity contribution is -0.120. The highest BCUT2D eigenvalue weighted by Gasteiger charge is 2.09. The van der Waals surface area contributed by atoms with Crippen molar-refractivity contribution in [2.24, 2.45) is 0 Å². The fraction of sp³-hybridized carbons (Fsp3) is 0.385. The predicted molar refractivity (Wildman–Crippen MR) is 79.7 cm³/mol. The molecule has 0 fully saturated rings. The molecular weight excluding hydrogens is 326 g/mol. The zero-order chi connectivity index (χ0) is 15.0. The molecule has 0 aliphatic carbocycles. The molecule has 7 heteroatoms. The van der Waals surface area contributed by atoms with Gasteiger partial charge >= 0.3 is 6.03 Å². The standard InChI is InChI=1S/C13H18BrN3O3/c1-9(20-11-6-4-3-5-10(11)14)7-16-12(18)8-17-13(19)15-2/h3-6,9H,7-8H2,1-2H3,(H,16,18)(H2,15,17,19)/t9-/m1/s1. The number of carbonyl (C=O) groups is 2. The van der Waals surface area contributed by atoms with E-state index in [1.54, 1.807) is 0 Å². The van der Waals surface area contributed by atoms with Crippen LogP contribution in [0.1, 0.15) is 6.92 Å². The summed E-state index contributed by atoms with van der Waals surface area (Å²) in [6.07, 6.45) is -0.183. The van der Waals surface area contributed by atoms with Gasteiger partial charge in [-0.15, -0.1) is 0 Å². The van der Waals surface area contributed by atoms with Crippen LogP contribution in [0.3, 0.4) is 0 Å². The molecule has 0 heterocycles. The number of para-hydroxylation sites is 1. The van der Waals surface area contributed by atoms with Crippen molar-refractivity contribution in [2.75, 3.05) is 20.1 Å². The Hall–Kier alpha value is -1.76. The molecule has 3 amide bonds. The molecular formula is C13H18BrN3O3. The van der Waals surface area contributed by atoms with Crippen LogP contribution in [0.15, 0.2) is 28.7 Å². The number of benzene rings is 1. The minimum Gasteiger partial charge on any atom is -0.488 e. The van der Waals surface area contributed by atoms with E-state index < -0.39 is 6.03 Å². The van der Waals surface area contributed by atoms with Gasteiger partial charge in [-0.1, -0.05) is 12.1 Å². The maximum Gasteiger partial charge on any atom is 0.314 e. The van der Waals surface area contributed by atoms with Gasteiger partial charge in [0.25, 0.3) is 0 Å². The molecule has 1 atom stereocenters. The second-order valence-corrected chi connectivity index (χ2v) is 4.95. The Morgan fingerprint density at radius 3 is 2.65 bits per heavy atom. The molecule has 20 heavy (non-hydrogen) atoms. The molecule has 0 aromatic heterocycles. The Labute approximate surface area is 126 Å². The normalized spacial score (nSPS) is 11.3. The Morgan fingerprint density at radius 2 is 2.00 bits per heavy atom. The van der Waals surface area contributed by atoms with Gasteiger partial charge < -0.3 is 20.7 Å². The van der Waals surface area contributed by atoms with Gasteiger partial charge in [0.1, 0.15) is 11.9 Å². The molecule has 0 saturated heterocycles. The molecule has 6 nitrogen and oxygen atoms in total. The summed E-state index contributed by atoms with van der Waals surface area (Å²) in [4.78, 5) is 22.4. The smallest absolute Gasteiger partial charge is 0.314 e. The van der Waals surface area contributed by atoms with Gasteiger partial charge in [-0.05, 0) is 35.0 Å². The van der Waals surface area contributed by atoms with Crippen molar-refractivity contribution in [3.8, 4) is 5.75 Å². The highest BCUT2D eigenvalue weighted by Crippen LogP contribution is 2.24. The van der Waals surface area contributed by atoms with Crippen molar-refractivity contribution < 1.29 is 14.3 Å². The quantitative estimate of drug-likeness (QED) is 0.727. The van der Waals surface area contributed by atoms with Gasteiger partial charge in [0.15, 0.2) is 0 Å². The number of hydrogen-bond donors (Lipinski definition) is 3. The Morgan fingerprint density at radius 1 is 1.30 bits per heavy atom. The van der Waals surface area contributed by atoms with Gasteiger partial charge in [0.05, 0.1) is 17.6 Å². The summed E-state index contributed by atoms with van der Waals surface area (Å²) in [6, 6.07) is 7.10. The van der Waals surface area contributed by atoms with E-state index in [9.17, 15) is 9.59 Å². The summed E-state index contributed by atoms with van der Waals surface area (Å²) < 4.78 is 6.54. The summed E-state index contributed by atoms with van der Waals surface area (Å²) >= 11 is 3.39. The van der Waals surface area contributed by atoms with Crippen LogP contribution in [0, 0.1) is 0 Å². The lowest BCUT2D eigenvalue weighted by Gasteiger charge is -2.16. The van der Waals surface area contributed by atoms with E-state index in [-0.39, 0.29) is 18.6 Å². The maximum absolute atomic E-state index is 11.5. The van der Waals surface area contributed by atoms with E-state index in [2.05, 4.69) is 31.9 Å². The van der Waals surface area contributed by atoms with Crippen LogP contribution in [-0.2, 0) is 4.79 Å². The molecule has 1 aromatic carbocycles. The Balaban J connectivity index is 2.29. The van der Waals surface area contributed by atoms with Gasteiger partial charge in [-0.25, -0.2) is 4.79 Å². The first-order valence-corrected chi connectivity index (χ1v) is 6.95. The highest BCUT2D eigenvalue weighted by atomic mass is 79.9. The fourth-order valence-electron chi connectivity index (χ4n) is 1.37. The number of nitrogens with one attached hydrogen (secondary N) is 3. The van der Waals surface area contributed by atoms with E-state index in [1.165, 1.54) is 7.05 Å². The average Bonchev–Trinajstić information content (AvgIpc) is 2.45. The van der Waals surface area contributed by atoms with Crippen LogP contribution < -0.4 is 20.7 Å². The van der Waals surface area contributed by atoms with Crippen LogP contribution in [-0.4, -0.2) is 38.2 Å². The average molecular weight is 344 g/mol. The first-order valence-electron chi connectivity index (χ1n) is 6.16. The summed E-state index contributed by atoms with van der Waals surface area (Å²) in [5.74, 6) is 0.453. The van der Waals surface area contributed by atoms with Crippen molar-refractivity contribution in [1.29, 1.82) is 0 Å². The molecule has 1 aromatic rings. The molecule has 0 spiro atoms.